The molecule has 1 aliphatic heterocycles. The molecule has 1 fully saturated rings. The molecule has 1 aliphatic rings. The van der Waals surface area contributed by atoms with Gasteiger partial charge in [0, 0.05) is 13.1 Å². The van der Waals surface area contributed by atoms with Gasteiger partial charge in [0.2, 0.25) is 0 Å². The van der Waals surface area contributed by atoms with Crippen LogP contribution in [0.5, 0.6) is 5.75 Å². The van der Waals surface area contributed by atoms with Gasteiger partial charge in [-0.2, -0.15) is 0 Å². The number of urea groups is 1. The molecular formula is C11H10ClFN2O3. The molecule has 5 nitrogen and oxygen atoms in total. The third kappa shape index (κ3) is 2.70. The number of benzene rings is 1. The van der Waals surface area contributed by atoms with E-state index in [1.165, 1.54) is 12.1 Å². The normalized spacial score (nSPS) is 14.6. The minimum absolute atomic E-state index is 0.0775. The van der Waals surface area contributed by atoms with E-state index >= 15 is 0 Å². The summed E-state index contributed by atoms with van der Waals surface area (Å²) >= 11 is 5.73. The van der Waals surface area contributed by atoms with Crippen molar-refractivity contribution < 1.29 is 18.7 Å². The highest BCUT2D eigenvalue weighted by Crippen LogP contribution is 2.24. The Kier molecular flexibility index (Phi) is 3.66. The number of nitrogens with one attached hydrogen (secondary N) is 1. The molecule has 0 spiro atoms. The van der Waals surface area contributed by atoms with Crippen LogP contribution in [-0.2, 0) is 4.79 Å². The quantitative estimate of drug-likeness (QED) is 0.905. The lowest BCUT2D eigenvalue weighted by Crippen LogP contribution is -2.37. The Hall–Kier alpha value is -1.82. The number of imide groups is 1. The molecule has 1 aromatic rings. The van der Waals surface area contributed by atoms with E-state index in [4.69, 9.17) is 16.3 Å². The summed E-state index contributed by atoms with van der Waals surface area (Å²) in [7, 11) is 0. The largest absolute Gasteiger partial charge is 0.482 e. The molecule has 1 heterocycles. The Balaban J connectivity index is 1.95. The number of carbonyl (C=O) groups excluding carboxylic acids is 2. The van der Waals surface area contributed by atoms with E-state index in [1.54, 1.807) is 0 Å². The van der Waals surface area contributed by atoms with Crippen LogP contribution < -0.4 is 10.1 Å². The lowest BCUT2D eigenvalue weighted by atomic mass is 10.3. The van der Waals surface area contributed by atoms with Crippen molar-refractivity contribution in [3.05, 3.63) is 29.0 Å². The smallest absolute Gasteiger partial charge is 0.324 e. The zero-order valence-electron chi connectivity index (χ0n) is 9.28. The second-order valence-electron chi connectivity index (χ2n) is 3.64. The van der Waals surface area contributed by atoms with Crippen LogP contribution in [0, 0.1) is 5.82 Å². The highest BCUT2D eigenvalue weighted by molar-refractivity contribution is 6.32. The van der Waals surface area contributed by atoms with E-state index in [2.05, 4.69) is 5.32 Å². The van der Waals surface area contributed by atoms with E-state index in [1.807, 2.05) is 0 Å². The van der Waals surface area contributed by atoms with Crippen LogP contribution in [0.3, 0.4) is 0 Å². The van der Waals surface area contributed by atoms with Crippen molar-refractivity contribution in [3.8, 4) is 5.75 Å². The standard InChI is InChI=1S/C11H10ClFN2O3/c12-8-5-7(13)1-2-9(8)18-6-10(16)15-4-3-14-11(15)17/h1-2,5H,3-4,6H2,(H,14,17). The number of ether oxygens (including phenoxy) is 1. The van der Waals surface area contributed by atoms with Gasteiger partial charge < -0.3 is 10.1 Å². The van der Waals surface area contributed by atoms with E-state index in [9.17, 15) is 14.0 Å². The third-order valence-electron chi connectivity index (χ3n) is 2.40. The van der Waals surface area contributed by atoms with Gasteiger partial charge in [0.15, 0.2) is 6.61 Å². The van der Waals surface area contributed by atoms with Crippen molar-refractivity contribution in [1.82, 2.24) is 10.2 Å². The summed E-state index contributed by atoms with van der Waals surface area (Å²) in [5, 5.41) is 2.58. The number of rotatable bonds is 3. The molecule has 96 valence electrons. The van der Waals surface area contributed by atoms with Crippen LogP contribution in [0.1, 0.15) is 0 Å². The topological polar surface area (TPSA) is 58.6 Å². The maximum atomic E-state index is 12.8. The van der Waals surface area contributed by atoms with Crippen LogP contribution in [0.25, 0.3) is 0 Å². The van der Waals surface area contributed by atoms with Gasteiger partial charge in [-0.05, 0) is 18.2 Å². The van der Waals surface area contributed by atoms with Crippen molar-refractivity contribution in [1.29, 1.82) is 0 Å². The summed E-state index contributed by atoms with van der Waals surface area (Å²) in [6, 6.07) is 3.15. The fourth-order valence-electron chi connectivity index (χ4n) is 1.52. The summed E-state index contributed by atoms with van der Waals surface area (Å²) in [6.45, 7) is 0.429. The Morgan fingerprint density at radius 1 is 1.56 bits per heavy atom. The molecule has 3 amide bonds. The van der Waals surface area contributed by atoms with Gasteiger partial charge in [-0.1, -0.05) is 11.6 Å². The Morgan fingerprint density at radius 2 is 2.33 bits per heavy atom. The number of halogens is 2. The molecule has 0 atom stereocenters. The molecule has 0 unspecified atom stereocenters. The third-order valence-corrected chi connectivity index (χ3v) is 2.70. The fourth-order valence-corrected chi connectivity index (χ4v) is 1.74. The van der Waals surface area contributed by atoms with Crippen LogP contribution >= 0.6 is 11.6 Å². The average molecular weight is 273 g/mol. The first-order chi connectivity index (χ1) is 8.58. The first-order valence-corrected chi connectivity index (χ1v) is 5.62. The number of nitrogens with zero attached hydrogens (tertiary/aromatic N) is 1. The maximum Gasteiger partial charge on any atom is 0.324 e. The highest BCUT2D eigenvalue weighted by Gasteiger charge is 2.26. The van der Waals surface area contributed by atoms with Gasteiger partial charge in [-0.3, -0.25) is 9.69 Å². The average Bonchev–Trinajstić information content (AvgIpc) is 2.74. The minimum Gasteiger partial charge on any atom is -0.482 e. The molecule has 7 heteroatoms. The van der Waals surface area contributed by atoms with Gasteiger partial charge in [-0.15, -0.1) is 0 Å². The summed E-state index contributed by atoms with van der Waals surface area (Å²) in [5.74, 6) is -0.756. The van der Waals surface area contributed by atoms with Gasteiger partial charge in [0.05, 0.1) is 5.02 Å². The zero-order valence-corrected chi connectivity index (χ0v) is 10.0. The SMILES string of the molecule is O=C(COc1ccc(F)cc1Cl)N1CCNC1=O. The fraction of sp³-hybridized carbons (Fsp3) is 0.273. The molecule has 1 saturated heterocycles. The molecule has 0 bridgehead atoms. The molecule has 18 heavy (non-hydrogen) atoms. The molecule has 1 N–H and O–H groups in total. The van der Waals surface area contributed by atoms with Crippen molar-refractivity contribution in [2.45, 2.75) is 0 Å². The second-order valence-corrected chi connectivity index (χ2v) is 4.05. The highest BCUT2D eigenvalue weighted by atomic mass is 35.5. The molecular weight excluding hydrogens is 263 g/mol. The lowest BCUT2D eigenvalue weighted by Gasteiger charge is -2.13. The van der Waals surface area contributed by atoms with Crippen LogP contribution in [-0.4, -0.2) is 36.5 Å². The summed E-state index contributed by atoms with van der Waals surface area (Å²) in [4.78, 5) is 23.9. The first-order valence-electron chi connectivity index (χ1n) is 5.24. The number of hydrogen-bond donors (Lipinski definition) is 1. The number of amides is 3. The summed E-state index contributed by atoms with van der Waals surface area (Å²) in [5.41, 5.74) is 0. The molecule has 1 aromatic carbocycles. The Labute approximate surface area is 107 Å². The Bertz CT molecular complexity index is 495. The number of carbonyl (C=O) groups is 2. The molecule has 0 aliphatic carbocycles. The minimum atomic E-state index is -0.488. The van der Waals surface area contributed by atoms with Crippen LogP contribution in [0.15, 0.2) is 18.2 Å². The maximum absolute atomic E-state index is 12.8. The molecule has 2 rings (SSSR count). The van der Waals surface area contributed by atoms with Crippen molar-refractivity contribution in [2.24, 2.45) is 0 Å². The van der Waals surface area contributed by atoms with E-state index in [0.29, 0.717) is 13.1 Å². The van der Waals surface area contributed by atoms with Crippen LogP contribution in [0.2, 0.25) is 5.02 Å². The van der Waals surface area contributed by atoms with Crippen molar-refractivity contribution >= 4 is 23.5 Å². The van der Waals surface area contributed by atoms with E-state index < -0.39 is 17.8 Å². The van der Waals surface area contributed by atoms with Crippen molar-refractivity contribution in [3.63, 3.8) is 0 Å². The molecule has 0 saturated carbocycles. The van der Waals surface area contributed by atoms with E-state index in [-0.39, 0.29) is 17.4 Å². The second kappa shape index (κ2) is 5.22. The van der Waals surface area contributed by atoms with Crippen LogP contribution in [0.4, 0.5) is 9.18 Å². The van der Waals surface area contributed by atoms with Gasteiger partial charge in [0.1, 0.15) is 11.6 Å². The lowest BCUT2D eigenvalue weighted by molar-refractivity contribution is -0.129. The summed E-state index contributed by atoms with van der Waals surface area (Å²) in [6.07, 6.45) is 0. The monoisotopic (exact) mass is 272 g/mol. The summed E-state index contributed by atoms with van der Waals surface area (Å²) < 4.78 is 17.9. The first kappa shape index (κ1) is 12.6. The molecule has 0 aromatic heterocycles. The molecule has 0 radical (unpaired) electrons. The zero-order chi connectivity index (χ0) is 13.1. The van der Waals surface area contributed by atoms with Gasteiger partial charge >= 0.3 is 6.03 Å². The predicted octanol–water partition coefficient (Wildman–Crippen LogP) is 1.41. The predicted molar refractivity (Wildman–Crippen MR) is 62.0 cm³/mol. The van der Waals surface area contributed by atoms with Crippen molar-refractivity contribution in [2.75, 3.05) is 19.7 Å². The van der Waals surface area contributed by atoms with Gasteiger partial charge in [-0.25, -0.2) is 9.18 Å². The number of hydrogen-bond acceptors (Lipinski definition) is 3. The Morgan fingerprint density at radius 3 is 2.94 bits per heavy atom. The van der Waals surface area contributed by atoms with E-state index in [0.717, 1.165) is 11.0 Å². The van der Waals surface area contributed by atoms with Gasteiger partial charge in [0.25, 0.3) is 5.91 Å².